The van der Waals surface area contributed by atoms with Gasteiger partial charge in [-0.1, -0.05) is 11.3 Å². The predicted octanol–water partition coefficient (Wildman–Crippen LogP) is 0.608. The Hall–Kier alpha value is -1.68. The zero-order valence-electron chi connectivity index (χ0n) is 10.3. The van der Waals surface area contributed by atoms with Crippen LogP contribution in [0.15, 0.2) is 10.3 Å². The lowest BCUT2D eigenvalue weighted by Crippen LogP contribution is -2.26. The van der Waals surface area contributed by atoms with Gasteiger partial charge in [0, 0.05) is 32.3 Å². The summed E-state index contributed by atoms with van der Waals surface area (Å²) in [6.07, 6.45) is 0.990. The summed E-state index contributed by atoms with van der Waals surface area (Å²) in [5, 5.41) is 16.2. The lowest BCUT2D eigenvalue weighted by atomic mass is 10.5. The van der Waals surface area contributed by atoms with Crippen LogP contribution in [0.2, 0.25) is 0 Å². The third-order valence-corrected chi connectivity index (χ3v) is 4.92. The summed E-state index contributed by atoms with van der Waals surface area (Å²) in [7, 11) is -3.48. The minimum atomic E-state index is -3.48. The van der Waals surface area contributed by atoms with Crippen molar-refractivity contribution in [1.82, 2.24) is 5.32 Å². The Morgan fingerprint density at radius 2 is 2.11 bits per heavy atom. The van der Waals surface area contributed by atoms with Crippen molar-refractivity contribution in [3.8, 4) is 0 Å². The van der Waals surface area contributed by atoms with E-state index in [9.17, 15) is 23.3 Å². The molecular weight excluding hydrogens is 294 g/mol. The second kappa shape index (κ2) is 5.97. The van der Waals surface area contributed by atoms with Crippen molar-refractivity contribution in [1.29, 1.82) is 0 Å². The molecule has 0 saturated heterocycles. The normalized spacial score (nSPS) is 11.1. The van der Waals surface area contributed by atoms with E-state index in [0.29, 0.717) is 6.54 Å². The van der Waals surface area contributed by atoms with E-state index in [2.05, 4.69) is 10.6 Å². The van der Waals surface area contributed by atoms with Crippen molar-refractivity contribution in [3.63, 3.8) is 0 Å². The topological polar surface area (TPSA) is 118 Å². The highest BCUT2D eigenvalue weighted by atomic mass is 32.2. The van der Waals surface area contributed by atoms with Crippen LogP contribution >= 0.6 is 11.3 Å². The number of nitrogens with zero attached hydrogens (tertiary/aromatic N) is 1. The third kappa shape index (κ3) is 4.48. The van der Waals surface area contributed by atoms with Crippen LogP contribution in [0.5, 0.6) is 0 Å². The van der Waals surface area contributed by atoms with Gasteiger partial charge in [0.15, 0.2) is 14.8 Å². The number of sulfone groups is 1. The Morgan fingerprint density at radius 3 is 2.58 bits per heavy atom. The summed E-state index contributed by atoms with van der Waals surface area (Å²) < 4.78 is 22.6. The van der Waals surface area contributed by atoms with Crippen molar-refractivity contribution in [3.05, 3.63) is 16.2 Å². The van der Waals surface area contributed by atoms with Crippen LogP contribution in [-0.2, 0) is 14.6 Å². The molecule has 0 aromatic carbocycles. The maximum atomic E-state index is 11.3. The molecule has 1 amide bonds. The average Bonchev–Trinajstić information content (AvgIpc) is 2.67. The Morgan fingerprint density at radius 1 is 1.47 bits per heavy atom. The summed E-state index contributed by atoms with van der Waals surface area (Å²) >= 11 is 0.800. The molecule has 0 bridgehead atoms. The van der Waals surface area contributed by atoms with Crippen LogP contribution in [0, 0.1) is 10.1 Å². The number of carbonyl (C=O) groups excluding carboxylic acids is 1. The molecule has 0 unspecified atom stereocenters. The first kappa shape index (κ1) is 15.4. The number of nitro groups is 1. The Kier molecular flexibility index (Phi) is 4.84. The molecule has 0 fully saturated rings. The summed E-state index contributed by atoms with van der Waals surface area (Å²) in [6.45, 7) is 1.91. The molecule has 1 heterocycles. The van der Waals surface area contributed by atoms with Crippen LogP contribution in [0.3, 0.4) is 0 Å². The Bertz CT molecular complexity index is 593. The van der Waals surface area contributed by atoms with E-state index in [1.165, 1.54) is 6.92 Å². The Labute approximate surface area is 113 Å². The van der Waals surface area contributed by atoms with E-state index in [4.69, 9.17) is 0 Å². The number of hydrogen-bond acceptors (Lipinski definition) is 7. The van der Waals surface area contributed by atoms with Gasteiger partial charge in [-0.15, -0.1) is 0 Å². The number of rotatable bonds is 6. The fourth-order valence-corrected chi connectivity index (χ4v) is 3.18. The van der Waals surface area contributed by atoms with Gasteiger partial charge >= 0.3 is 5.69 Å². The number of thiophene rings is 1. The monoisotopic (exact) mass is 307 g/mol. The number of anilines is 1. The fraction of sp³-hybridized carbons (Fsp3) is 0.444. The second-order valence-electron chi connectivity index (χ2n) is 3.72. The SMILES string of the molecule is CC(=O)NCCNc1sc(S(C)(=O)=O)cc1[N+](=O)[O-]. The highest BCUT2D eigenvalue weighted by Crippen LogP contribution is 2.36. The molecule has 0 aliphatic heterocycles. The minimum Gasteiger partial charge on any atom is -0.369 e. The molecule has 1 aromatic heterocycles. The summed E-state index contributed by atoms with van der Waals surface area (Å²) in [5.41, 5.74) is -0.284. The van der Waals surface area contributed by atoms with Crippen molar-refractivity contribution in [2.45, 2.75) is 11.1 Å². The first-order valence-electron chi connectivity index (χ1n) is 5.18. The molecule has 19 heavy (non-hydrogen) atoms. The molecule has 0 aliphatic carbocycles. The van der Waals surface area contributed by atoms with Gasteiger partial charge in [0.2, 0.25) is 5.91 Å². The molecule has 1 aromatic rings. The maximum absolute atomic E-state index is 11.3. The summed E-state index contributed by atoms with van der Waals surface area (Å²) in [6, 6.07) is 1.03. The van der Waals surface area contributed by atoms with Crippen molar-refractivity contribution in [2.24, 2.45) is 0 Å². The van der Waals surface area contributed by atoms with Crippen molar-refractivity contribution in [2.75, 3.05) is 24.7 Å². The van der Waals surface area contributed by atoms with Crippen LogP contribution < -0.4 is 10.6 Å². The Balaban J connectivity index is 2.84. The fourth-order valence-electron chi connectivity index (χ4n) is 1.22. The molecule has 106 valence electrons. The van der Waals surface area contributed by atoms with E-state index >= 15 is 0 Å². The lowest BCUT2D eigenvalue weighted by molar-refractivity contribution is -0.383. The zero-order chi connectivity index (χ0) is 14.6. The minimum absolute atomic E-state index is 0.0683. The van der Waals surface area contributed by atoms with Crippen LogP contribution in [0.25, 0.3) is 0 Å². The van der Waals surface area contributed by atoms with Gasteiger partial charge in [-0.3, -0.25) is 14.9 Å². The first-order chi connectivity index (χ1) is 8.71. The summed E-state index contributed by atoms with van der Waals surface area (Å²) in [4.78, 5) is 20.8. The van der Waals surface area contributed by atoms with Crippen LogP contribution in [0.4, 0.5) is 10.7 Å². The highest BCUT2D eigenvalue weighted by Gasteiger charge is 2.23. The maximum Gasteiger partial charge on any atom is 0.304 e. The number of amides is 1. The van der Waals surface area contributed by atoms with Crippen LogP contribution in [-0.4, -0.2) is 38.6 Å². The predicted molar refractivity (Wildman–Crippen MR) is 71.3 cm³/mol. The number of hydrogen-bond donors (Lipinski definition) is 2. The van der Waals surface area contributed by atoms with Gasteiger partial charge in [0.25, 0.3) is 0 Å². The second-order valence-corrected chi connectivity index (χ2v) is 7.01. The molecule has 2 N–H and O–H groups in total. The third-order valence-electron chi connectivity index (χ3n) is 2.04. The zero-order valence-corrected chi connectivity index (χ0v) is 11.9. The van der Waals surface area contributed by atoms with Gasteiger partial charge in [0.05, 0.1) is 4.92 Å². The molecule has 0 radical (unpaired) electrons. The van der Waals surface area contributed by atoms with Gasteiger partial charge in [-0.05, 0) is 0 Å². The van der Waals surface area contributed by atoms with Crippen molar-refractivity contribution < 1.29 is 18.1 Å². The smallest absolute Gasteiger partial charge is 0.304 e. The largest absolute Gasteiger partial charge is 0.369 e. The average molecular weight is 307 g/mol. The standard InChI is InChI=1S/C9H13N3O5S2/c1-6(13)10-3-4-11-9-7(12(14)15)5-8(18-9)19(2,16)17/h5,11H,3-4H2,1-2H3,(H,10,13). The van der Waals surface area contributed by atoms with Crippen molar-refractivity contribution >= 4 is 37.8 Å². The summed E-state index contributed by atoms with van der Waals surface area (Å²) in [5.74, 6) is -0.209. The first-order valence-corrected chi connectivity index (χ1v) is 7.89. The van der Waals surface area contributed by atoms with E-state index in [1.54, 1.807) is 0 Å². The molecule has 0 aliphatic rings. The quantitative estimate of drug-likeness (QED) is 0.451. The molecule has 0 atom stereocenters. The van der Waals surface area contributed by atoms with E-state index in [1.807, 2.05) is 0 Å². The highest BCUT2D eigenvalue weighted by molar-refractivity contribution is 7.92. The van der Waals surface area contributed by atoms with E-state index in [-0.39, 0.29) is 27.3 Å². The molecule has 1 rings (SSSR count). The molecule has 10 heteroatoms. The van der Waals surface area contributed by atoms with Gasteiger partial charge in [-0.25, -0.2) is 8.42 Å². The molecule has 0 saturated carbocycles. The number of carbonyl (C=O) groups is 1. The van der Waals surface area contributed by atoms with Gasteiger partial charge < -0.3 is 10.6 Å². The molecule has 8 nitrogen and oxygen atoms in total. The van der Waals surface area contributed by atoms with Gasteiger partial charge in [-0.2, -0.15) is 0 Å². The molecule has 0 spiro atoms. The number of nitrogens with one attached hydrogen (secondary N) is 2. The van der Waals surface area contributed by atoms with E-state index in [0.717, 1.165) is 23.7 Å². The lowest BCUT2D eigenvalue weighted by Gasteiger charge is -2.03. The van der Waals surface area contributed by atoms with Crippen LogP contribution in [0.1, 0.15) is 6.92 Å². The van der Waals surface area contributed by atoms with Gasteiger partial charge in [0.1, 0.15) is 4.21 Å². The molecular formula is C9H13N3O5S2. The van der Waals surface area contributed by atoms with E-state index < -0.39 is 14.8 Å².